The molecule has 0 bridgehead atoms. The highest BCUT2D eigenvalue weighted by Crippen LogP contribution is 2.23. The summed E-state index contributed by atoms with van der Waals surface area (Å²) in [5.41, 5.74) is 0. The van der Waals surface area contributed by atoms with Crippen LogP contribution in [0.3, 0.4) is 0 Å². The van der Waals surface area contributed by atoms with E-state index in [1.54, 1.807) is 0 Å². The molecule has 0 aromatic rings. The molecule has 1 aliphatic carbocycles. The molecule has 0 radical (unpaired) electrons. The van der Waals surface area contributed by atoms with Gasteiger partial charge in [0.25, 0.3) is 0 Å². The zero-order chi connectivity index (χ0) is 12.0. The average Bonchev–Trinajstić information content (AvgIpc) is 2.12. The van der Waals surface area contributed by atoms with E-state index in [4.69, 9.17) is 0 Å². The summed E-state index contributed by atoms with van der Waals surface area (Å²) in [7, 11) is -3.00. The first-order valence-electron chi connectivity index (χ1n) is 6.19. The number of carbonyl (C=O) groups excluding carboxylic acids is 1. The van der Waals surface area contributed by atoms with Gasteiger partial charge in [0, 0.05) is 18.6 Å². The average molecular weight is 246 g/mol. The maximum Gasteiger partial charge on any atom is 0.147 e. The fourth-order valence-corrected chi connectivity index (χ4v) is 2.84. The molecule has 0 spiro atoms. The van der Waals surface area contributed by atoms with Gasteiger partial charge in [-0.05, 0) is 12.8 Å². The number of sulfone groups is 1. The minimum absolute atomic E-state index is 0.0162. The van der Waals surface area contributed by atoms with Crippen LogP contribution in [0, 0.1) is 5.92 Å². The first-order chi connectivity index (χ1) is 7.49. The molecule has 1 rings (SSSR count). The van der Waals surface area contributed by atoms with Crippen LogP contribution in [0.4, 0.5) is 0 Å². The maximum atomic E-state index is 11.8. The summed E-state index contributed by atoms with van der Waals surface area (Å²) in [5, 5.41) is 0. The van der Waals surface area contributed by atoms with Crippen molar-refractivity contribution in [3.05, 3.63) is 0 Å². The van der Waals surface area contributed by atoms with Crippen molar-refractivity contribution in [3.63, 3.8) is 0 Å². The van der Waals surface area contributed by atoms with Crippen LogP contribution >= 0.6 is 0 Å². The number of hydrogen-bond acceptors (Lipinski definition) is 3. The van der Waals surface area contributed by atoms with Crippen molar-refractivity contribution in [2.45, 2.75) is 51.4 Å². The number of carbonyl (C=O) groups is 1. The Hall–Kier alpha value is -0.380. The van der Waals surface area contributed by atoms with Crippen molar-refractivity contribution in [1.82, 2.24) is 0 Å². The minimum Gasteiger partial charge on any atom is -0.299 e. The molecule has 3 nitrogen and oxygen atoms in total. The van der Waals surface area contributed by atoms with E-state index < -0.39 is 9.84 Å². The summed E-state index contributed by atoms with van der Waals surface area (Å²) < 4.78 is 22.0. The van der Waals surface area contributed by atoms with Gasteiger partial charge in [-0.1, -0.05) is 32.1 Å². The predicted molar refractivity (Wildman–Crippen MR) is 65.1 cm³/mol. The van der Waals surface area contributed by atoms with E-state index in [9.17, 15) is 13.2 Å². The second-order valence-corrected chi connectivity index (χ2v) is 7.15. The molecule has 0 amide bonds. The van der Waals surface area contributed by atoms with Gasteiger partial charge in [0.05, 0.1) is 5.75 Å². The molecule has 0 aliphatic heterocycles. The number of hydrogen-bond donors (Lipinski definition) is 0. The van der Waals surface area contributed by atoms with Gasteiger partial charge in [-0.2, -0.15) is 0 Å². The predicted octanol–water partition coefficient (Wildman–Crippen LogP) is 2.35. The Morgan fingerprint density at radius 2 is 1.56 bits per heavy atom. The first kappa shape index (κ1) is 13.7. The fraction of sp³-hybridized carbons (Fsp3) is 0.917. The van der Waals surface area contributed by atoms with E-state index in [2.05, 4.69) is 0 Å². The van der Waals surface area contributed by atoms with Crippen LogP contribution in [0.5, 0.6) is 0 Å². The minimum atomic E-state index is -3.00. The second kappa shape index (κ2) is 6.38. The molecular formula is C12H22O3S. The van der Waals surface area contributed by atoms with Gasteiger partial charge >= 0.3 is 0 Å². The number of ketones is 1. The lowest BCUT2D eigenvalue weighted by molar-refractivity contribution is -0.123. The summed E-state index contributed by atoms with van der Waals surface area (Å²) in [6.45, 7) is 0. The summed E-state index contributed by atoms with van der Waals surface area (Å²) >= 11 is 0. The fourth-order valence-electron chi connectivity index (χ4n) is 2.27. The lowest BCUT2D eigenvalue weighted by atomic mass is 9.87. The monoisotopic (exact) mass is 246 g/mol. The van der Waals surface area contributed by atoms with Gasteiger partial charge in [-0.25, -0.2) is 8.42 Å². The van der Waals surface area contributed by atoms with E-state index in [0.29, 0.717) is 0 Å². The summed E-state index contributed by atoms with van der Waals surface area (Å²) in [6.07, 6.45) is 9.29. The Bertz CT molecular complexity index is 311. The third-order valence-corrected chi connectivity index (χ3v) is 4.23. The van der Waals surface area contributed by atoms with Crippen LogP contribution in [0.15, 0.2) is 0 Å². The van der Waals surface area contributed by atoms with Gasteiger partial charge in [0.1, 0.15) is 15.6 Å². The lowest BCUT2D eigenvalue weighted by Gasteiger charge is -2.18. The van der Waals surface area contributed by atoms with Crippen molar-refractivity contribution < 1.29 is 13.2 Å². The van der Waals surface area contributed by atoms with Crippen LogP contribution in [0.25, 0.3) is 0 Å². The molecule has 0 aromatic heterocycles. The quantitative estimate of drug-likeness (QED) is 0.765. The summed E-state index contributed by atoms with van der Waals surface area (Å²) in [4.78, 5) is 11.8. The smallest absolute Gasteiger partial charge is 0.147 e. The van der Waals surface area contributed by atoms with Crippen molar-refractivity contribution >= 4 is 15.6 Å². The van der Waals surface area contributed by atoms with Crippen molar-refractivity contribution in [2.24, 2.45) is 5.92 Å². The van der Waals surface area contributed by atoms with E-state index in [0.717, 1.165) is 25.7 Å². The molecule has 0 saturated heterocycles. The zero-order valence-corrected chi connectivity index (χ0v) is 10.9. The Morgan fingerprint density at radius 1 is 1.06 bits per heavy atom. The summed E-state index contributed by atoms with van der Waals surface area (Å²) in [5.74, 6) is 0.303. The van der Waals surface area contributed by atoms with Crippen LogP contribution in [0.2, 0.25) is 0 Å². The van der Waals surface area contributed by atoms with E-state index in [1.165, 1.54) is 25.5 Å². The zero-order valence-electron chi connectivity index (χ0n) is 10.1. The maximum absolute atomic E-state index is 11.8. The molecule has 1 aliphatic rings. The molecule has 0 atom stereocenters. The molecule has 0 N–H and O–H groups in total. The van der Waals surface area contributed by atoms with Gasteiger partial charge in [0.15, 0.2) is 0 Å². The van der Waals surface area contributed by atoms with Gasteiger partial charge in [-0.15, -0.1) is 0 Å². The number of Topliss-reactive ketones (excluding diaryl/α,β-unsaturated/α-hetero) is 1. The van der Waals surface area contributed by atoms with Gasteiger partial charge in [0.2, 0.25) is 0 Å². The molecule has 16 heavy (non-hydrogen) atoms. The molecule has 0 heterocycles. The Labute approximate surface area is 98.5 Å². The van der Waals surface area contributed by atoms with Gasteiger partial charge < -0.3 is 0 Å². The standard InChI is InChI=1S/C12H22O3S/c1-16(14,15)10-9-12(13)11-7-5-3-2-4-6-8-11/h11H,2-10H2,1H3. The van der Waals surface area contributed by atoms with E-state index in [1.807, 2.05) is 0 Å². The molecule has 94 valence electrons. The van der Waals surface area contributed by atoms with Crippen molar-refractivity contribution in [2.75, 3.05) is 12.0 Å². The third kappa shape index (κ3) is 5.64. The van der Waals surface area contributed by atoms with Crippen LogP contribution in [-0.2, 0) is 14.6 Å². The highest BCUT2D eigenvalue weighted by Gasteiger charge is 2.20. The Kier molecular flexibility index (Phi) is 5.46. The Morgan fingerprint density at radius 3 is 2.06 bits per heavy atom. The molecule has 0 aromatic carbocycles. The van der Waals surface area contributed by atoms with Crippen LogP contribution in [0.1, 0.15) is 51.4 Å². The second-order valence-electron chi connectivity index (χ2n) is 4.89. The van der Waals surface area contributed by atoms with Crippen molar-refractivity contribution in [1.29, 1.82) is 0 Å². The Balaban J connectivity index is 2.38. The highest BCUT2D eigenvalue weighted by molar-refractivity contribution is 7.90. The highest BCUT2D eigenvalue weighted by atomic mass is 32.2. The lowest BCUT2D eigenvalue weighted by Crippen LogP contribution is -2.19. The van der Waals surface area contributed by atoms with Crippen LogP contribution in [-0.4, -0.2) is 26.2 Å². The topological polar surface area (TPSA) is 51.2 Å². The number of rotatable bonds is 4. The SMILES string of the molecule is CS(=O)(=O)CCC(=O)C1CCCCCCC1. The van der Waals surface area contributed by atoms with Crippen LogP contribution < -0.4 is 0 Å². The molecule has 1 fully saturated rings. The summed E-state index contributed by atoms with van der Waals surface area (Å²) in [6, 6.07) is 0. The first-order valence-corrected chi connectivity index (χ1v) is 8.25. The largest absolute Gasteiger partial charge is 0.299 e. The van der Waals surface area contributed by atoms with E-state index >= 15 is 0 Å². The van der Waals surface area contributed by atoms with Crippen molar-refractivity contribution in [3.8, 4) is 0 Å². The molecule has 0 unspecified atom stereocenters. The van der Waals surface area contributed by atoms with Gasteiger partial charge in [-0.3, -0.25) is 4.79 Å². The molecule has 1 saturated carbocycles. The van der Waals surface area contributed by atoms with E-state index in [-0.39, 0.29) is 23.9 Å². The third-order valence-electron chi connectivity index (χ3n) is 3.28. The molecule has 4 heteroatoms. The molecular weight excluding hydrogens is 224 g/mol. The normalized spacial score (nSPS) is 20.1.